The number of hydrogen-bond acceptors (Lipinski definition) is 3. The molecule has 0 spiro atoms. The van der Waals surface area contributed by atoms with Crippen LogP contribution in [0.5, 0.6) is 5.75 Å². The predicted molar refractivity (Wildman–Crippen MR) is 108 cm³/mol. The van der Waals surface area contributed by atoms with Gasteiger partial charge in [0.1, 0.15) is 17.4 Å². The molecule has 0 aliphatic rings. The Morgan fingerprint density at radius 1 is 1.35 bits per heavy atom. The number of aliphatic imine (C=N–C) groups is 1. The fourth-order valence-corrected chi connectivity index (χ4v) is 2.10. The summed E-state index contributed by atoms with van der Waals surface area (Å²) in [5, 5.41) is 7.32. The molecule has 0 heterocycles. The molecule has 1 aromatic rings. The van der Waals surface area contributed by atoms with E-state index in [0.717, 1.165) is 12.5 Å². The topological polar surface area (TPSA) is 54.9 Å². The molecular weight excluding hydrogens is 452 g/mol. The van der Waals surface area contributed by atoms with Crippen LogP contribution in [0.25, 0.3) is 0 Å². The SMILES string of the molecule is CCNC(=NCCOc1cccc(Cl)c1Cl)NC(C)COC.I. The maximum atomic E-state index is 6.06. The molecule has 1 unspecified atom stereocenters. The van der Waals surface area contributed by atoms with E-state index in [1.807, 2.05) is 13.8 Å². The zero-order chi connectivity index (χ0) is 16.4. The average Bonchev–Trinajstić information content (AvgIpc) is 2.48. The smallest absolute Gasteiger partial charge is 0.191 e. The lowest BCUT2D eigenvalue weighted by Gasteiger charge is -2.17. The van der Waals surface area contributed by atoms with Gasteiger partial charge in [-0.15, -0.1) is 24.0 Å². The van der Waals surface area contributed by atoms with Gasteiger partial charge in [-0.3, -0.25) is 0 Å². The molecule has 0 aromatic heterocycles. The van der Waals surface area contributed by atoms with Crippen LogP contribution in [0.3, 0.4) is 0 Å². The van der Waals surface area contributed by atoms with Gasteiger partial charge in [-0.1, -0.05) is 29.3 Å². The first-order valence-corrected chi connectivity index (χ1v) is 7.94. The van der Waals surface area contributed by atoms with E-state index < -0.39 is 0 Å². The Kier molecular flexibility index (Phi) is 12.7. The summed E-state index contributed by atoms with van der Waals surface area (Å²) in [5.74, 6) is 1.29. The van der Waals surface area contributed by atoms with E-state index in [1.54, 1.807) is 25.3 Å². The molecule has 2 N–H and O–H groups in total. The third kappa shape index (κ3) is 8.83. The molecule has 8 heteroatoms. The maximum Gasteiger partial charge on any atom is 0.191 e. The van der Waals surface area contributed by atoms with Gasteiger partial charge < -0.3 is 20.1 Å². The van der Waals surface area contributed by atoms with E-state index in [9.17, 15) is 0 Å². The number of guanidine groups is 1. The highest BCUT2D eigenvalue weighted by molar-refractivity contribution is 14.0. The van der Waals surface area contributed by atoms with E-state index in [1.165, 1.54) is 0 Å². The average molecular weight is 476 g/mol. The molecule has 132 valence electrons. The van der Waals surface area contributed by atoms with Gasteiger partial charge in [0.15, 0.2) is 5.96 Å². The summed E-state index contributed by atoms with van der Waals surface area (Å²) < 4.78 is 10.7. The van der Waals surface area contributed by atoms with E-state index in [-0.39, 0.29) is 30.0 Å². The lowest BCUT2D eigenvalue weighted by Crippen LogP contribution is -2.44. The second-order valence-corrected chi connectivity index (χ2v) is 5.45. The van der Waals surface area contributed by atoms with Crippen molar-refractivity contribution in [2.75, 3.05) is 33.4 Å². The van der Waals surface area contributed by atoms with Crippen molar-refractivity contribution in [1.29, 1.82) is 0 Å². The minimum atomic E-state index is 0. The van der Waals surface area contributed by atoms with Crippen molar-refractivity contribution in [3.05, 3.63) is 28.2 Å². The van der Waals surface area contributed by atoms with Crippen molar-refractivity contribution in [2.45, 2.75) is 19.9 Å². The minimum absolute atomic E-state index is 0. The Balaban J connectivity index is 0.00000484. The molecule has 0 fully saturated rings. The number of benzene rings is 1. The summed E-state index contributed by atoms with van der Waals surface area (Å²) in [6.45, 7) is 6.34. The summed E-state index contributed by atoms with van der Waals surface area (Å²) in [6.07, 6.45) is 0. The van der Waals surface area contributed by atoms with Gasteiger partial charge in [-0.2, -0.15) is 0 Å². The van der Waals surface area contributed by atoms with E-state index >= 15 is 0 Å². The van der Waals surface area contributed by atoms with Gasteiger partial charge >= 0.3 is 0 Å². The van der Waals surface area contributed by atoms with Crippen LogP contribution in [0.15, 0.2) is 23.2 Å². The third-order valence-electron chi connectivity index (χ3n) is 2.68. The molecule has 1 atom stereocenters. The zero-order valence-electron chi connectivity index (χ0n) is 13.6. The quantitative estimate of drug-likeness (QED) is 0.261. The first-order valence-electron chi connectivity index (χ1n) is 7.19. The maximum absolute atomic E-state index is 6.06. The summed E-state index contributed by atoms with van der Waals surface area (Å²) >= 11 is 12.0. The van der Waals surface area contributed by atoms with Gasteiger partial charge in [0.25, 0.3) is 0 Å². The van der Waals surface area contributed by atoms with E-state index in [2.05, 4.69) is 15.6 Å². The van der Waals surface area contributed by atoms with Crippen molar-refractivity contribution < 1.29 is 9.47 Å². The molecule has 1 aromatic carbocycles. The Morgan fingerprint density at radius 3 is 2.74 bits per heavy atom. The molecule has 0 amide bonds. The summed E-state index contributed by atoms with van der Waals surface area (Å²) in [5.41, 5.74) is 0. The fourth-order valence-electron chi connectivity index (χ4n) is 1.75. The lowest BCUT2D eigenvalue weighted by molar-refractivity contribution is 0.179. The highest BCUT2D eigenvalue weighted by Gasteiger charge is 2.06. The number of nitrogens with one attached hydrogen (secondary N) is 2. The second-order valence-electron chi connectivity index (χ2n) is 4.66. The number of rotatable bonds is 8. The molecule has 0 aliphatic carbocycles. The van der Waals surface area contributed by atoms with E-state index in [0.29, 0.717) is 35.6 Å². The Bertz CT molecular complexity index is 490. The second kappa shape index (κ2) is 12.9. The van der Waals surface area contributed by atoms with Gasteiger partial charge in [0, 0.05) is 19.7 Å². The number of nitrogens with zero attached hydrogens (tertiary/aromatic N) is 1. The molecule has 0 aliphatic heterocycles. The van der Waals surface area contributed by atoms with E-state index in [4.69, 9.17) is 32.7 Å². The first-order chi connectivity index (χ1) is 10.6. The molecule has 0 bridgehead atoms. The van der Waals surface area contributed by atoms with Crippen molar-refractivity contribution >= 4 is 53.1 Å². The van der Waals surface area contributed by atoms with Crippen LogP contribution >= 0.6 is 47.2 Å². The monoisotopic (exact) mass is 475 g/mol. The number of hydrogen-bond donors (Lipinski definition) is 2. The first kappa shape index (κ1) is 22.6. The number of ether oxygens (including phenoxy) is 2. The Morgan fingerprint density at radius 2 is 2.09 bits per heavy atom. The van der Waals surface area contributed by atoms with Crippen LogP contribution in [0.4, 0.5) is 0 Å². The van der Waals surface area contributed by atoms with Crippen molar-refractivity contribution in [1.82, 2.24) is 10.6 Å². The van der Waals surface area contributed by atoms with Crippen LogP contribution in [0, 0.1) is 0 Å². The summed E-state index contributed by atoms with van der Waals surface area (Å²) in [6, 6.07) is 5.47. The zero-order valence-corrected chi connectivity index (χ0v) is 17.4. The van der Waals surface area contributed by atoms with Gasteiger partial charge in [-0.25, -0.2) is 4.99 Å². The van der Waals surface area contributed by atoms with Gasteiger partial charge in [0.05, 0.1) is 18.2 Å². The van der Waals surface area contributed by atoms with Crippen LogP contribution < -0.4 is 15.4 Å². The number of methoxy groups -OCH3 is 1. The molecule has 1 rings (SSSR count). The highest BCUT2D eigenvalue weighted by Crippen LogP contribution is 2.31. The minimum Gasteiger partial charge on any atom is -0.490 e. The number of halogens is 3. The molecule has 0 radical (unpaired) electrons. The fraction of sp³-hybridized carbons (Fsp3) is 0.533. The van der Waals surface area contributed by atoms with Crippen molar-refractivity contribution in [2.24, 2.45) is 4.99 Å². The predicted octanol–water partition coefficient (Wildman–Crippen LogP) is 3.58. The highest BCUT2D eigenvalue weighted by atomic mass is 127. The normalized spacial score (nSPS) is 12.3. The summed E-state index contributed by atoms with van der Waals surface area (Å²) in [4.78, 5) is 4.44. The largest absolute Gasteiger partial charge is 0.490 e. The van der Waals surface area contributed by atoms with Gasteiger partial charge in [0.2, 0.25) is 0 Å². The van der Waals surface area contributed by atoms with Crippen LogP contribution in [-0.2, 0) is 4.74 Å². The van der Waals surface area contributed by atoms with Crippen LogP contribution in [0.1, 0.15) is 13.8 Å². The van der Waals surface area contributed by atoms with Crippen molar-refractivity contribution in [3.8, 4) is 5.75 Å². The Labute approximate surface area is 165 Å². The molecular formula is C15H24Cl2IN3O2. The van der Waals surface area contributed by atoms with Crippen LogP contribution in [0.2, 0.25) is 10.0 Å². The van der Waals surface area contributed by atoms with Crippen molar-refractivity contribution in [3.63, 3.8) is 0 Å². The molecule has 0 saturated heterocycles. The molecule has 23 heavy (non-hydrogen) atoms. The van der Waals surface area contributed by atoms with Gasteiger partial charge in [-0.05, 0) is 26.0 Å². The standard InChI is InChI=1S/C15H23Cl2N3O2.HI/c1-4-18-15(20-11(2)10-21-3)19-8-9-22-13-7-5-6-12(16)14(13)17;/h5-7,11H,4,8-10H2,1-3H3,(H2,18,19,20);1H. The molecule has 5 nitrogen and oxygen atoms in total. The Hall–Kier alpha value is -0.440. The molecule has 0 saturated carbocycles. The van der Waals surface area contributed by atoms with Crippen LogP contribution in [-0.4, -0.2) is 45.4 Å². The lowest BCUT2D eigenvalue weighted by atomic mass is 10.3. The third-order valence-corrected chi connectivity index (χ3v) is 3.48. The summed E-state index contributed by atoms with van der Waals surface area (Å²) in [7, 11) is 1.67.